The van der Waals surface area contributed by atoms with E-state index in [9.17, 15) is 43.5 Å². The van der Waals surface area contributed by atoms with Gasteiger partial charge in [0.25, 0.3) is 0 Å². The molecular weight excluding hydrogens is 983 g/mol. The van der Waals surface area contributed by atoms with Gasteiger partial charge in [0.1, 0.15) is 12.6 Å². The molecule has 436 valence electrons. The average molecular weight is 1080 g/mol. The van der Waals surface area contributed by atoms with Crippen molar-refractivity contribution < 1.29 is 67.5 Å². The van der Waals surface area contributed by atoms with E-state index in [1.807, 2.05) is 38.1 Å². The van der Waals surface area contributed by atoms with Crippen LogP contribution in [0.2, 0.25) is 0 Å². The number of carboxylic acid groups (broad SMARTS) is 2. The van der Waals surface area contributed by atoms with Gasteiger partial charge in [-0.15, -0.1) is 0 Å². The number of aliphatic carboxylic acids is 2. The van der Waals surface area contributed by atoms with Crippen LogP contribution in [0.5, 0.6) is 0 Å². The minimum atomic E-state index is -1.13. The number of nitrogens with one attached hydrogen (secondary N) is 6. The highest BCUT2D eigenvalue weighted by molar-refractivity contribution is 5.87. The van der Waals surface area contributed by atoms with Gasteiger partial charge >= 0.3 is 11.9 Å². The Morgan fingerprint density at radius 3 is 1.61 bits per heavy atom. The number of unbranched alkanes of at least 4 members (excludes halogenated alkanes) is 14. The molecule has 1 aromatic rings. The van der Waals surface area contributed by atoms with Crippen LogP contribution < -0.4 is 37.6 Å². The molecule has 1 rings (SSSR count). The second-order valence-electron chi connectivity index (χ2n) is 18.8. The van der Waals surface area contributed by atoms with E-state index < -0.39 is 29.9 Å². The molecule has 0 aromatic heterocycles. The van der Waals surface area contributed by atoms with Crippen LogP contribution in [-0.2, 0) is 63.7 Å². The summed E-state index contributed by atoms with van der Waals surface area (Å²) in [5.41, 5.74) is 7.63. The zero-order chi connectivity index (χ0) is 56.4. The monoisotopic (exact) mass is 1080 g/mol. The van der Waals surface area contributed by atoms with Crippen molar-refractivity contribution in [2.75, 3.05) is 86.1 Å². The zero-order valence-corrected chi connectivity index (χ0v) is 46.5. The summed E-state index contributed by atoms with van der Waals surface area (Å²) in [5.74, 6) is -3.25. The van der Waals surface area contributed by atoms with Crippen LogP contribution in [0.4, 0.5) is 0 Å². The number of ether oxygens (including phenoxy) is 4. The molecule has 21 nitrogen and oxygen atoms in total. The Labute approximate surface area is 452 Å². The number of primary amides is 1. The van der Waals surface area contributed by atoms with Crippen molar-refractivity contribution in [1.29, 1.82) is 0 Å². The summed E-state index contributed by atoms with van der Waals surface area (Å²) < 4.78 is 21.0. The smallest absolute Gasteiger partial charge is 0.326 e. The van der Waals surface area contributed by atoms with Crippen LogP contribution >= 0.6 is 0 Å². The van der Waals surface area contributed by atoms with E-state index in [2.05, 4.69) is 31.9 Å². The van der Waals surface area contributed by atoms with Crippen LogP contribution in [0.3, 0.4) is 0 Å². The molecule has 0 saturated carbocycles. The third kappa shape index (κ3) is 45.2. The lowest BCUT2D eigenvalue weighted by molar-refractivity contribution is -0.142. The Balaban J connectivity index is 0.00000148. The number of amides is 5. The maximum absolute atomic E-state index is 12.6. The van der Waals surface area contributed by atoms with Crippen molar-refractivity contribution in [3.63, 3.8) is 0 Å². The van der Waals surface area contributed by atoms with E-state index in [0.717, 1.165) is 62.5 Å². The molecule has 3 atom stereocenters. The lowest BCUT2D eigenvalue weighted by Crippen LogP contribution is -2.48. The maximum atomic E-state index is 12.6. The van der Waals surface area contributed by atoms with Gasteiger partial charge in [-0.1, -0.05) is 107 Å². The molecular formula is C55H97N7O14. The third-order valence-electron chi connectivity index (χ3n) is 12.1. The number of rotatable bonds is 50. The van der Waals surface area contributed by atoms with E-state index in [1.54, 1.807) is 7.05 Å². The quantitative estimate of drug-likeness (QED) is 0.0408. The summed E-state index contributed by atoms with van der Waals surface area (Å²) in [6.45, 7) is 9.55. The summed E-state index contributed by atoms with van der Waals surface area (Å²) in [7, 11) is 1.73. The number of carbonyl (C=O) groups excluding carboxylic acids is 6. The Kier molecular flexibility index (Phi) is 46.2. The highest BCUT2D eigenvalue weighted by Gasteiger charge is 2.22. The topological polar surface area (TPSA) is 312 Å². The Morgan fingerprint density at radius 2 is 1.08 bits per heavy atom. The van der Waals surface area contributed by atoms with Gasteiger partial charge in [0.05, 0.1) is 58.3 Å². The van der Waals surface area contributed by atoms with Crippen molar-refractivity contribution >= 4 is 47.3 Å². The van der Waals surface area contributed by atoms with Gasteiger partial charge in [0, 0.05) is 52.4 Å². The van der Waals surface area contributed by atoms with Gasteiger partial charge in [0.15, 0.2) is 5.78 Å². The fourth-order valence-electron chi connectivity index (χ4n) is 7.68. The van der Waals surface area contributed by atoms with E-state index in [-0.39, 0.29) is 74.5 Å². The molecule has 21 heteroatoms. The second kappa shape index (κ2) is 49.5. The van der Waals surface area contributed by atoms with Crippen LogP contribution in [0.1, 0.15) is 160 Å². The van der Waals surface area contributed by atoms with Crippen LogP contribution in [0.25, 0.3) is 0 Å². The molecule has 1 unspecified atom stereocenters. The minimum Gasteiger partial charge on any atom is -0.481 e. The minimum absolute atomic E-state index is 0.0186. The molecule has 0 saturated heterocycles. The molecule has 0 fully saturated rings. The molecule has 1 aromatic carbocycles. The molecule has 10 N–H and O–H groups in total. The van der Waals surface area contributed by atoms with Gasteiger partial charge in [-0.2, -0.15) is 0 Å². The lowest BCUT2D eigenvalue weighted by atomic mass is 10.0. The Morgan fingerprint density at radius 1 is 0.553 bits per heavy atom. The molecule has 0 aliphatic heterocycles. The van der Waals surface area contributed by atoms with Gasteiger partial charge in [0.2, 0.25) is 29.5 Å². The largest absolute Gasteiger partial charge is 0.481 e. The molecule has 0 spiro atoms. The molecule has 0 bridgehead atoms. The first-order chi connectivity index (χ1) is 36.6. The van der Waals surface area contributed by atoms with E-state index in [0.29, 0.717) is 85.0 Å². The van der Waals surface area contributed by atoms with Crippen molar-refractivity contribution in [3.8, 4) is 0 Å². The average Bonchev–Trinajstić information content (AvgIpc) is 3.38. The fourth-order valence-corrected chi connectivity index (χ4v) is 7.68. The van der Waals surface area contributed by atoms with Gasteiger partial charge in [-0.3, -0.25) is 38.9 Å². The maximum Gasteiger partial charge on any atom is 0.326 e. The zero-order valence-electron chi connectivity index (χ0n) is 46.5. The molecule has 0 aliphatic carbocycles. The van der Waals surface area contributed by atoms with Crippen molar-refractivity contribution in [3.05, 3.63) is 35.4 Å². The first-order valence-electron chi connectivity index (χ1n) is 27.7. The van der Waals surface area contributed by atoms with E-state index >= 15 is 0 Å². The van der Waals surface area contributed by atoms with E-state index in [1.165, 1.54) is 51.9 Å². The molecule has 0 radical (unpaired) electrons. The van der Waals surface area contributed by atoms with E-state index in [4.69, 9.17) is 29.8 Å². The van der Waals surface area contributed by atoms with Gasteiger partial charge in [-0.05, 0) is 71.4 Å². The van der Waals surface area contributed by atoms with Crippen molar-refractivity contribution in [2.45, 2.75) is 180 Å². The molecule has 76 heavy (non-hydrogen) atoms. The number of benzene rings is 1. The van der Waals surface area contributed by atoms with Crippen molar-refractivity contribution in [2.24, 2.45) is 5.73 Å². The molecule has 5 amide bonds. The third-order valence-corrected chi connectivity index (χ3v) is 12.1. The predicted molar refractivity (Wildman–Crippen MR) is 292 cm³/mol. The fraction of sp³-hybridized carbons (Fsp3) is 0.745. The molecule has 0 aliphatic rings. The summed E-state index contributed by atoms with van der Waals surface area (Å²) >= 11 is 0. The van der Waals surface area contributed by atoms with Crippen LogP contribution in [0, 0.1) is 6.92 Å². The number of ketones is 1. The van der Waals surface area contributed by atoms with Gasteiger partial charge in [-0.25, -0.2) is 4.79 Å². The number of Topliss-reactive ketones (excluding diaryl/α,β-unsaturated/α-hetero) is 1. The second-order valence-corrected chi connectivity index (χ2v) is 18.8. The number of carbonyl (C=O) groups is 8. The lowest BCUT2D eigenvalue weighted by Gasteiger charge is -2.19. The summed E-state index contributed by atoms with van der Waals surface area (Å²) in [6.07, 6.45) is 18.6. The van der Waals surface area contributed by atoms with Crippen molar-refractivity contribution in [1.82, 2.24) is 31.9 Å². The summed E-state index contributed by atoms with van der Waals surface area (Å²) in [4.78, 5) is 93.0. The first kappa shape index (κ1) is 70.9. The number of likely N-dealkylation sites (N-methyl/N-ethyl adjacent to an activating group) is 1. The highest BCUT2D eigenvalue weighted by atomic mass is 16.5. The number of nitrogens with two attached hydrogens (primary N) is 1. The molecule has 0 heterocycles. The van der Waals surface area contributed by atoms with Crippen LogP contribution in [-0.4, -0.2) is 162 Å². The summed E-state index contributed by atoms with van der Waals surface area (Å²) in [6, 6.07) is 5.79. The highest BCUT2D eigenvalue weighted by Crippen LogP contribution is 2.14. The Hall–Kier alpha value is -5.06. The standard InChI is InChI=1S/C29H54N2O8.C26H43N5O6/c1-2-38-23-24-39-22-21-30-26(32)20-19-25(29(36)37)31-27(33)17-15-13-11-9-7-5-3-4-6-8-10-12-14-16-18-28(34)35;1-19-7-9-21(10-8-19)16-23(26(27)35)31-17-24(33)22(28-3)6-4-5-11-30-25(34)18-37-15-14-36-13-12-29-20(2)32/h25H,2-24H2,1H3,(H,30,32)(H,31,33)(H,34,35)(H,36,37);7-10,22-23,28,31H,4-6,11-18H2,1-3H3,(H2,27,35)(H,29,32)(H,30,34)/t;22-,23+/m.0/s1. The number of hydrogen-bond acceptors (Lipinski definition) is 14. The number of carboxylic acids is 2. The van der Waals surface area contributed by atoms with Crippen LogP contribution in [0.15, 0.2) is 24.3 Å². The number of hydrogen-bond donors (Lipinski definition) is 9. The normalized spacial score (nSPS) is 12.1. The van der Waals surface area contributed by atoms with Gasteiger partial charge < -0.3 is 61.5 Å². The SMILES string of the molecule is CCOCCOCCNC(=O)CCC(NC(=O)CCCCCCCCCCCCCCCCC(=O)O)C(=O)O.CN[C@@H](CCCCNC(=O)COCCOCCNC(C)=O)C(=O)CN[C@H](Cc1ccc(C)cc1)C(N)=O. The Bertz CT molecular complexity index is 1720. The number of aryl methyl sites for hydroxylation is 1. The summed E-state index contributed by atoms with van der Waals surface area (Å²) in [5, 5.41) is 34.6. The first-order valence-corrected chi connectivity index (χ1v) is 27.7. The predicted octanol–water partition coefficient (Wildman–Crippen LogP) is 4.43.